The summed E-state index contributed by atoms with van der Waals surface area (Å²) < 4.78 is 23.1. The first-order valence-electron chi connectivity index (χ1n) is 3.31. The molecule has 0 bridgehead atoms. The summed E-state index contributed by atoms with van der Waals surface area (Å²) in [4.78, 5) is 0. The van der Waals surface area contributed by atoms with E-state index < -0.39 is 10.0 Å². The quantitative estimate of drug-likeness (QED) is 0.509. The topological polar surface area (TPSA) is 60.4 Å². The Morgan fingerprint density at radius 2 is 2.27 bits per heavy atom. The van der Waals surface area contributed by atoms with E-state index in [0.29, 0.717) is 13.0 Å². The van der Waals surface area contributed by atoms with Crippen LogP contribution in [0.15, 0.2) is 11.8 Å². The number of sulfonamides is 1. The SMILES string of the molecule is CS(=O)(=O)N1CC=C([O-])CC1. The van der Waals surface area contributed by atoms with E-state index in [2.05, 4.69) is 0 Å². The lowest BCUT2D eigenvalue weighted by Crippen LogP contribution is -2.35. The highest BCUT2D eigenvalue weighted by Crippen LogP contribution is 2.08. The highest BCUT2D eigenvalue weighted by molar-refractivity contribution is 7.88. The number of hydrogen-bond acceptors (Lipinski definition) is 3. The Bertz CT molecular complexity index is 268. The molecule has 0 fully saturated rings. The molecule has 1 heterocycles. The molecule has 0 N–H and O–H groups in total. The lowest BCUT2D eigenvalue weighted by molar-refractivity contribution is -0.308. The molecule has 0 aromatic carbocycles. The molecule has 0 atom stereocenters. The van der Waals surface area contributed by atoms with Gasteiger partial charge in [0, 0.05) is 13.1 Å². The van der Waals surface area contributed by atoms with Crippen molar-refractivity contribution in [1.82, 2.24) is 4.31 Å². The molecular weight excluding hydrogens is 166 g/mol. The van der Waals surface area contributed by atoms with Crippen molar-refractivity contribution < 1.29 is 13.5 Å². The van der Waals surface area contributed by atoms with Gasteiger partial charge in [0.15, 0.2) is 0 Å². The predicted molar refractivity (Wildman–Crippen MR) is 39.1 cm³/mol. The van der Waals surface area contributed by atoms with E-state index >= 15 is 0 Å². The van der Waals surface area contributed by atoms with Gasteiger partial charge in [0.05, 0.1) is 6.26 Å². The van der Waals surface area contributed by atoms with Crippen LogP contribution in [0.1, 0.15) is 6.42 Å². The van der Waals surface area contributed by atoms with E-state index in [1.165, 1.54) is 10.4 Å². The van der Waals surface area contributed by atoms with Gasteiger partial charge in [0.2, 0.25) is 10.0 Å². The standard InChI is InChI=1S/C6H11NO3S/c1-11(9,10)7-4-2-6(8)3-5-7/h2,8H,3-5H2,1H3/p-1. The van der Waals surface area contributed by atoms with Crippen molar-refractivity contribution in [2.45, 2.75) is 6.42 Å². The van der Waals surface area contributed by atoms with Gasteiger partial charge < -0.3 is 5.11 Å². The van der Waals surface area contributed by atoms with Gasteiger partial charge in [-0.15, -0.1) is 5.76 Å². The summed E-state index contributed by atoms with van der Waals surface area (Å²) in [5.41, 5.74) is 0. The molecule has 1 rings (SSSR count). The molecule has 0 saturated carbocycles. The van der Waals surface area contributed by atoms with Crippen LogP contribution in [0.4, 0.5) is 0 Å². The van der Waals surface area contributed by atoms with Crippen LogP contribution in [-0.4, -0.2) is 32.1 Å². The van der Waals surface area contributed by atoms with Crippen LogP contribution in [0, 0.1) is 0 Å². The van der Waals surface area contributed by atoms with Crippen LogP contribution in [0.3, 0.4) is 0 Å². The van der Waals surface area contributed by atoms with Gasteiger partial charge in [-0.1, -0.05) is 6.08 Å². The third-order valence-electron chi connectivity index (χ3n) is 1.60. The summed E-state index contributed by atoms with van der Waals surface area (Å²) in [6.45, 7) is 0.561. The van der Waals surface area contributed by atoms with Gasteiger partial charge in [0.1, 0.15) is 0 Å². The monoisotopic (exact) mass is 176 g/mol. The van der Waals surface area contributed by atoms with Crippen LogP contribution >= 0.6 is 0 Å². The van der Waals surface area contributed by atoms with E-state index in [-0.39, 0.29) is 12.3 Å². The zero-order chi connectivity index (χ0) is 8.48. The fourth-order valence-corrected chi connectivity index (χ4v) is 1.70. The van der Waals surface area contributed by atoms with E-state index in [9.17, 15) is 13.5 Å². The summed E-state index contributed by atoms with van der Waals surface area (Å²) in [6.07, 6.45) is 2.87. The Kier molecular flexibility index (Phi) is 2.20. The van der Waals surface area contributed by atoms with Crippen molar-refractivity contribution in [2.75, 3.05) is 19.3 Å². The van der Waals surface area contributed by atoms with Gasteiger partial charge in [-0.05, 0) is 6.42 Å². The first kappa shape index (κ1) is 8.55. The third-order valence-corrected chi connectivity index (χ3v) is 2.87. The summed E-state index contributed by atoms with van der Waals surface area (Å²) in [7, 11) is -3.10. The summed E-state index contributed by atoms with van der Waals surface area (Å²) in [5.74, 6) is 0.0323. The zero-order valence-electron chi connectivity index (χ0n) is 6.28. The Labute approximate surface area is 66.2 Å². The molecule has 4 nitrogen and oxygen atoms in total. The van der Waals surface area contributed by atoms with E-state index in [4.69, 9.17) is 0 Å². The van der Waals surface area contributed by atoms with Crippen LogP contribution in [0.2, 0.25) is 0 Å². The molecule has 11 heavy (non-hydrogen) atoms. The second-order valence-electron chi connectivity index (χ2n) is 2.54. The van der Waals surface area contributed by atoms with Crippen LogP contribution in [-0.2, 0) is 10.0 Å². The summed E-state index contributed by atoms with van der Waals surface area (Å²) in [6, 6.07) is 0. The second-order valence-corrected chi connectivity index (χ2v) is 4.52. The average Bonchev–Trinajstić information content (AvgIpc) is 1.86. The Morgan fingerprint density at radius 1 is 1.64 bits per heavy atom. The van der Waals surface area contributed by atoms with E-state index in [1.807, 2.05) is 0 Å². The largest absolute Gasteiger partial charge is 0.876 e. The van der Waals surface area contributed by atoms with Gasteiger partial charge in [-0.2, -0.15) is 4.31 Å². The molecule has 5 heteroatoms. The Morgan fingerprint density at radius 3 is 2.64 bits per heavy atom. The van der Waals surface area contributed by atoms with E-state index in [1.54, 1.807) is 0 Å². The van der Waals surface area contributed by atoms with Crippen LogP contribution < -0.4 is 5.11 Å². The fourth-order valence-electron chi connectivity index (χ4n) is 0.933. The van der Waals surface area contributed by atoms with Crippen molar-refractivity contribution in [3.05, 3.63) is 11.8 Å². The molecule has 0 spiro atoms. The second kappa shape index (κ2) is 2.83. The summed E-state index contributed by atoms with van der Waals surface area (Å²) in [5, 5.41) is 10.7. The lowest BCUT2D eigenvalue weighted by Gasteiger charge is -2.26. The molecule has 1 aliphatic rings. The van der Waals surface area contributed by atoms with E-state index in [0.717, 1.165) is 6.26 Å². The number of hydrogen-bond donors (Lipinski definition) is 0. The highest BCUT2D eigenvalue weighted by atomic mass is 32.2. The Hall–Kier alpha value is -0.550. The number of nitrogens with zero attached hydrogens (tertiary/aromatic N) is 1. The predicted octanol–water partition coefficient (Wildman–Crippen LogP) is -1.10. The maximum absolute atomic E-state index is 10.9. The lowest BCUT2D eigenvalue weighted by atomic mass is 10.3. The molecule has 0 aromatic rings. The van der Waals surface area contributed by atoms with Crippen molar-refractivity contribution in [3.8, 4) is 0 Å². The van der Waals surface area contributed by atoms with Gasteiger partial charge in [-0.3, -0.25) is 0 Å². The molecule has 1 aliphatic heterocycles. The first-order chi connectivity index (χ1) is 5.00. The first-order valence-corrected chi connectivity index (χ1v) is 5.16. The molecule has 0 aliphatic carbocycles. The van der Waals surface area contributed by atoms with Gasteiger partial charge in [0.25, 0.3) is 0 Å². The smallest absolute Gasteiger partial charge is 0.211 e. The minimum Gasteiger partial charge on any atom is -0.876 e. The maximum Gasteiger partial charge on any atom is 0.211 e. The summed E-state index contributed by atoms with van der Waals surface area (Å²) >= 11 is 0. The highest BCUT2D eigenvalue weighted by Gasteiger charge is 2.16. The van der Waals surface area contributed by atoms with Gasteiger partial charge in [-0.25, -0.2) is 8.42 Å². The van der Waals surface area contributed by atoms with Crippen molar-refractivity contribution in [2.24, 2.45) is 0 Å². The van der Waals surface area contributed by atoms with Crippen molar-refractivity contribution in [3.63, 3.8) is 0 Å². The third kappa shape index (κ3) is 2.20. The number of rotatable bonds is 1. The van der Waals surface area contributed by atoms with Crippen LogP contribution in [0.25, 0.3) is 0 Å². The molecule has 0 unspecified atom stereocenters. The fraction of sp³-hybridized carbons (Fsp3) is 0.667. The minimum atomic E-state index is -3.10. The maximum atomic E-state index is 10.9. The molecule has 0 aromatic heterocycles. The minimum absolute atomic E-state index is 0.0323. The molecule has 64 valence electrons. The van der Waals surface area contributed by atoms with Crippen molar-refractivity contribution in [1.29, 1.82) is 0 Å². The Balaban J connectivity index is 2.69. The van der Waals surface area contributed by atoms with Crippen molar-refractivity contribution >= 4 is 10.0 Å². The molecular formula is C6H10NO3S-. The molecule has 0 radical (unpaired) electrons. The van der Waals surface area contributed by atoms with Crippen LogP contribution in [0.5, 0.6) is 0 Å². The molecule has 0 saturated heterocycles. The average molecular weight is 176 g/mol. The zero-order valence-corrected chi connectivity index (χ0v) is 7.10. The van der Waals surface area contributed by atoms with Gasteiger partial charge >= 0.3 is 0 Å². The normalized spacial score (nSPS) is 21.4. The molecule has 0 amide bonds.